The molecule has 1 aliphatic rings. The molecule has 1 amide bonds. The van der Waals surface area contributed by atoms with E-state index < -0.39 is 10.0 Å². The van der Waals surface area contributed by atoms with Crippen LogP contribution >= 0.6 is 0 Å². The number of carbonyl (C=O) groups is 1. The number of nitrogens with zero attached hydrogens (tertiary/aromatic N) is 2. The van der Waals surface area contributed by atoms with Gasteiger partial charge < -0.3 is 4.90 Å². The molecule has 2 aromatic rings. The van der Waals surface area contributed by atoms with Crippen LogP contribution in [0.4, 0.5) is 10.1 Å². The maximum atomic E-state index is 13.4. The first-order valence-electron chi connectivity index (χ1n) is 8.55. The third-order valence-electron chi connectivity index (χ3n) is 4.41. The summed E-state index contributed by atoms with van der Waals surface area (Å²) in [7, 11) is -3.29. The summed E-state index contributed by atoms with van der Waals surface area (Å²) in [4.78, 5) is 14.5. The van der Waals surface area contributed by atoms with Crippen molar-refractivity contribution >= 4 is 21.6 Å². The Labute approximate surface area is 153 Å². The Bertz CT molecular complexity index is 915. The Morgan fingerprint density at radius 1 is 1.19 bits per heavy atom. The van der Waals surface area contributed by atoms with Gasteiger partial charge in [0.15, 0.2) is 0 Å². The standard InChI is InChI=1S/C19H21FN2O3S/c1-2-21(14-15-6-3-8-17(20)12-15)19(23)16-7-4-9-18(13-16)22-10-5-11-26(22,24)25/h3-4,6-9,12-13H,2,5,10-11,14H2,1H3. The highest BCUT2D eigenvalue weighted by Gasteiger charge is 2.29. The van der Waals surface area contributed by atoms with Gasteiger partial charge >= 0.3 is 0 Å². The Morgan fingerprint density at radius 3 is 2.62 bits per heavy atom. The molecule has 1 aliphatic heterocycles. The fourth-order valence-electron chi connectivity index (χ4n) is 3.09. The lowest BCUT2D eigenvalue weighted by Gasteiger charge is -2.22. The van der Waals surface area contributed by atoms with E-state index in [4.69, 9.17) is 0 Å². The summed E-state index contributed by atoms with van der Waals surface area (Å²) in [5, 5.41) is 0. The molecular weight excluding hydrogens is 355 g/mol. The maximum absolute atomic E-state index is 13.4. The molecule has 1 saturated heterocycles. The van der Waals surface area contributed by atoms with Crippen LogP contribution in [0.25, 0.3) is 0 Å². The number of rotatable bonds is 5. The minimum Gasteiger partial charge on any atom is -0.335 e. The summed E-state index contributed by atoms with van der Waals surface area (Å²) in [5.74, 6) is -0.423. The SMILES string of the molecule is CCN(Cc1cccc(F)c1)C(=O)c1cccc(N2CCCS2(=O)=O)c1. The Balaban J connectivity index is 1.83. The minimum absolute atomic E-state index is 0.131. The molecular formula is C19H21FN2O3S. The van der Waals surface area contributed by atoms with Gasteiger partial charge in [0.1, 0.15) is 5.82 Å². The zero-order valence-electron chi connectivity index (χ0n) is 14.6. The first kappa shape index (κ1) is 18.4. The summed E-state index contributed by atoms with van der Waals surface area (Å²) in [5.41, 5.74) is 1.64. The molecule has 0 unspecified atom stereocenters. The molecule has 0 bridgehead atoms. The molecule has 3 rings (SSSR count). The van der Waals surface area contributed by atoms with E-state index in [0.29, 0.717) is 42.9 Å². The molecule has 0 aromatic heterocycles. The monoisotopic (exact) mass is 376 g/mol. The fourth-order valence-corrected chi connectivity index (χ4v) is 4.65. The molecule has 5 nitrogen and oxygen atoms in total. The second-order valence-corrected chi connectivity index (χ2v) is 8.25. The van der Waals surface area contributed by atoms with Crippen molar-refractivity contribution < 1.29 is 17.6 Å². The number of benzene rings is 2. The van der Waals surface area contributed by atoms with E-state index in [1.54, 1.807) is 41.3 Å². The van der Waals surface area contributed by atoms with Crippen molar-refractivity contribution in [3.05, 3.63) is 65.5 Å². The number of hydrogen-bond acceptors (Lipinski definition) is 3. The summed E-state index contributed by atoms with van der Waals surface area (Å²) in [6, 6.07) is 12.8. The van der Waals surface area contributed by atoms with Crippen molar-refractivity contribution in [2.45, 2.75) is 19.9 Å². The van der Waals surface area contributed by atoms with Crippen LogP contribution in [0.15, 0.2) is 48.5 Å². The van der Waals surface area contributed by atoms with Gasteiger partial charge in [0.05, 0.1) is 11.4 Å². The number of halogens is 1. The Hall–Kier alpha value is -2.41. The normalized spacial score (nSPS) is 15.8. The van der Waals surface area contributed by atoms with Crippen molar-refractivity contribution in [3.8, 4) is 0 Å². The van der Waals surface area contributed by atoms with Crippen LogP contribution < -0.4 is 4.31 Å². The topological polar surface area (TPSA) is 57.7 Å². The highest BCUT2D eigenvalue weighted by Crippen LogP contribution is 2.25. The van der Waals surface area contributed by atoms with Crippen molar-refractivity contribution in [2.75, 3.05) is 23.1 Å². The minimum atomic E-state index is -3.29. The third kappa shape index (κ3) is 3.88. The van der Waals surface area contributed by atoms with Gasteiger partial charge in [0.2, 0.25) is 10.0 Å². The molecule has 7 heteroatoms. The second-order valence-electron chi connectivity index (χ2n) is 6.24. The Morgan fingerprint density at radius 2 is 1.96 bits per heavy atom. The van der Waals surface area contributed by atoms with Crippen molar-refractivity contribution in [2.24, 2.45) is 0 Å². The summed E-state index contributed by atoms with van der Waals surface area (Å²) in [6.45, 7) is 3.04. The first-order valence-corrected chi connectivity index (χ1v) is 10.2. The predicted octanol–water partition coefficient (Wildman–Crippen LogP) is 3.03. The number of hydrogen-bond donors (Lipinski definition) is 0. The van der Waals surface area contributed by atoms with Crippen LogP contribution in [-0.2, 0) is 16.6 Å². The van der Waals surface area contributed by atoms with Crippen LogP contribution in [0.2, 0.25) is 0 Å². The van der Waals surface area contributed by atoms with Gasteiger partial charge in [-0.1, -0.05) is 18.2 Å². The van der Waals surface area contributed by atoms with Gasteiger partial charge in [-0.3, -0.25) is 9.10 Å². The molecule has 0 spiro atoms. The van der Waals surface area contributed by atoms with Gasteiger partial charge in [-0.25, -0.2) is 12.8 Å². The molecule has 138 valence electrons. The quantitative estimate of drug-likeness (QED) is 0.806. The van der Waals surface area contributed by atoms with E-state index >= 15 is 0 Å². The van der Waals surface area contributed by atoms with E-state index in [2.05, 4.69) is 0 Å². The van der Waals surface area contributed by atoms with Crippen LogP contribution in [0.3, 0.4) is 0 Å². The summed E-state index contributed by atoms with van der Waals surface area (Å²) in [6.07, 6.45) is 0.584. The lowest BCUT2D eigenvalue weighted by molar-refractivity contribution is 0.0752. The van der Waals surface area contributed by atoms with Gasteiger partial charge in [-0.05, 0) is 49.2 Å². The van der Waals surface area contributed by atoms with Crippen molar-refractivity contribution in [1.29, 1.82) is 0 Å². The Kier molecular flexibility index (Phi) is 5.27. The molecule has 0 aliphatic carbocycles. The summed E-state index contributed by atoms with van der Waals surface area (Å²) < 4.78 is 38.9. The number of amides is 1. The highest BCUT2D eigenvalue weighted by molar-refractivity contribution is 7.93. The second kappa shape index (κ2) is 7.45. The van der Waals surface area contributed by atoms with E-state index in [-0.39, 0.29) is 17.5 Å². The molecule has 0 atom stereocenters. The van der Waals surface area contributed by atoms with Crippen LogP contribution in [0.1, 0.15) is 29.3 Å². The molecule has 2 aromatic carbocycles. The molecule has 26 heavy (non-hydrogen) atoms. The maximum Gasteiger partial charge on any atom is 0.254 e. The lowest BCUT2D eigenvalue weighted by atomic mass is 10.1. The van der Waals surface area contributed by atoms with Crippen LogP contribution in [0, 0.1) is 5.82 Å². The van der Waals surface area contributed by atoms with Crippen LogP contribution in [0.5, 0.6) is 0 Å². The fraction of sp³-hybridized carbons (Fsp3) is 0.316. The first-order chi connectivity index (χ1) is 12.4. The van der Waals surface area contributed by atoms with E-state index in [9.17, 15) is 17.6 Å². The highest BCUT2D eigenvalue weighted by atomic mass is 32.2. The van der Waals surface area contributed by atoms with Crippen molar-refractivity contribution in [1.82, 2.24) is 4.90 Å². The molecule has 0 saturated carbocycles. The average molecular weight is 376 g/mol. The number of carbonyl (C=O) groups excluding carboxylic acids is 1. The van der Waals surface area contributed by atoms with E-state index in [1.807, 2.05) is 6.92 Å². The molecule has 0 N–H and O–H groups in total. The van der Waals surface area contributed by atoms with Crippen LogP contribution in [-0.4, -0.2) is 38.1 Å². The largest absolute Gasteiger partial charge is 0.335 e. The zero-order valence-corrected chi connectivity index (χ0v) is 15.4. The predicted molar refractivity (Wildman–Crippen MR) is 99.0 cm³/mol. The van der Waals surface area contributed by atoms with E-state index in [0.717, 1.165) is 0 Å². The molecule has 0 radical (unpaired) electrons. The smallest absolute Gasteiger partial charge is 0.254 e. The third-order valence-corrected chi connectivity index (χ3v) is 6.28. The van der Waals surface area contributed by atoms with Gasteiger partial charge in [-0.2, -0.15) is 0 Å². The van der Waals surface area contributed by atoms with Gasteiger partial charge in [0.25, 0.3) is 5.91 Å². The average Bonchev–Trinajstić information content (AvgIpc) is 2.98. The molecule has 1 heterocycles. The number of sulfonamides is 1. The zero-order chi connectivity index (χ0) is 18.7. The van der Waals surface area contributed by atoms with Gasteiger partial charge in [-0.15, -0.1) is 0 Å². The van der Waals surface area contributed by atoms with Crippen molar-refractivity contribution in [3.63, 3.8) is 0 Å². The van der Waals surface area contributed by atoms with E-state index in [1.165, 1.54) is 16.4 Å². The molecule has 1 fully saturated rings. The summed E-state index contributed by atoms with van der Waals surface area (Å²) >= 11 is 0. The number of anilines is 1. The van der Waals surface area contributed by atoms with Gasteiger partial charge in [0, 0.05) is 25.2 Å². The lowest BCUT2D eigenvalue weighted by Crippen LogP contribution is -2.31.